The predicted molar refractivity (Wildman–Crippen MR) is 48.1 cm³/mol. The number of esters is 1. The molecule has 2 rings (SSSR count). The molecule has 0 fully saturated rings. The maximum absolute atomic E-state index is 11.2. The van der Waals surface area contributed by atoms with Gasteiger partial charge in [-0.25, -0.2) is 4.79 Å². The summed E-state index contributed by atoms with van der Waals surface area (Å²) in [6.07, 6.45) is 2.73. The summed E-state index contributed by atoms with van der Waals surface area (Å²) in [5.41, 5.74) is 0.346. The summed E-state index contributed by atoms with van der Waals surface area (Å²) in [6.45, 7) is 0. The normalized spacial score (nSPS) is 10.4. The Morgan fingerprint density at radius 3 is 2.93 bits per heavy atom. The van der Waals surface area contributed by atoms with Gasteiger partial charge >= 0.3 is 5.97 Å². The maximum Gasteiger partial charge on any atom is 0.341 e. The van der Waals surface area contributed by atoms with Gasteiger partial charge in [-0.3, -0.25) is 20.0 Å². The third-order valence-corrected chi connectivity index (χ3v) is 1.90. The fourth-order valence-electron chi connectivity index (χ4n) is 1.22. The van der Waals surface area contributed by atoms with E-state index in [1.807, 2.05) is 0 Å². The highest BCUT2D eigenvalue weighted by atomic mass is 16.5. The number of pyridine rings is 1. The third kappa shape index (κ3) is 1.08. The number of hydrogen-bond donors (Lipinski definition) is 2. The van der Waals surface area contributed by atoms with Crippen molar-refractivity contribution in [2.24, 2.45) is 0 Å². The summed E-state index contributed by atoms with van der Waals surface area (Å²) in [7, 11) is 1.27. The van der Waals surface area contributed by atoms with Gasteiger partial charge in [-0.05, 0) is 0 Å². The lowest BCUT2D eigenvalue weighted by molar-refractivity contribution is 0.0602. The highest BCUT2D eigenvalue weighted by Crippen LogP contribution is 2.11. The number of rotatable bonds is 1. The summed E-state index contributed by atoms with van der Waals surface area (Å²) in [6, 6.07) is 0. The van der Waals surface area contributed by atoms with E-state index in [1.54, 1.807) is 0 Å². The standard InChI is InChI=1S/C8H7N3O3/c1-14-8(13)5-3-9-2-4-6(5)10-11-7(4)12/h2-3H,1H3,(H2,10,11,12). The minimum atomic E-state index is -0.529. The minimum Gasteiger partial charge on any atom is -0.465 e. The molecule has 0 aliphatic rings. The molecular formula is C8H7N3O3. The summed E-state index contributed by atoms with van der Waals surface area (Å²) in [4.78, 5) is 26.2. The highest BCUT2D eigenvalue weighted by molar-refractivity contribution is 6.01. The van der Waals surface area contributed by atoms with E-state index < -0.39 is 5.97 Å². The van der Waals surface area contributed by atoms with Crippen LogP contribution in [0.2, 0.25) is 0 Å². The first-order chi connectivity index (χ1) is 6.74. The quantitative estimate of drug-likeness (QED) is 0.626. The lowest BCUT2D eigenvalue weighted by Gasteiger charge is -1.98. The number of carbonyl (C=O) groups excluding carboxylic acids is 1. The van der Waals surface area contributed by atoms with Crippen molar-refractivity contribution in [2.75, 3.05) is 7.11 Å². The van der Waals surface area contributed by atoms with Gasteiger partial charge in [0.15, 0.2) is 0 Å². The van der Waals surface area contributed by atoms with Gasteiger partial charge < -0.3 is 4.74 Å². The largest absolute Gasteiger partial charge is 0.465 e. The van der Waals surface area contributed by atoms with Gasteiger partial charge in [0, 0.05) is 12.4 Å². The lowest BCUT2D eigenvalue weighted by atomic mass is 10.2. The molecule has 0 saturated heterocycles. The number of aromatic nitrogens is 3. The molecule has 6 heteroatoms. The van der Waals surface area contributed by atoms with Gasteiger partial charge in [-0.15, -0.1) is 0 Å². The van der Waals surface area contributed by atoms with Crippen LogP contribution < -0.4 is 5.56 Å². The number of nitrogens with zero attached hydrogens (tertiary/aromatic N) is 1. The molecule has 0 saturated carbocycles. The molecule has 6 nitrogen and oxygen atoms in total. The van der Waals surface area contributed by atoms with E-state index in [1.165, 1.54) is 19.5 Å². The average Bonchev–Trinajstić information content (AvgIpc) is 2.59. The maximum atomic E-state index is 11.2. The number of ether oxygens (including phenoxy) is 1. The van der Waals surface area contributed by atoms with Crippen LogP contribution in [-0.2, 0) is 4.74 Å². The van der Waals surface area contributed by atoms with Crippen molar-refractivity contribution in [2.45, 2.75) is 0 Å². The van der Waals surface area contributed by atoms with E-state index in [9.17, 15) is 9.59 Å². The van der Waals surface area contributed by atoms with Crippen molar-refractivity contribution in [3.63, 3.8) is 0 Å². The molecule has 14 heavy (non-hydrogen) atoms. The van der Waals surface area contributed by atoms with E-state index in [4.69, 9.17) is 0 Å². The molecule has 0 radical (unpaired) electrons. The fourth-order valence-corrected chi connectivity index (χ4v) is 1.22. The van der Waals surface area contributed by atoms with Gasteiger partial charge in [-0.1, -0.05) is 0 Å². The zero-order valence-electron chi connectivity index (χ0n) is 7.33. The smallest absolute Gasteiger partial charge is 0.341 e. The number of hydrogen-bond acceptors (Lipinski definition) is 4. The van der Waals surface area contributed by atoms with Crippen LogP contribution in [0.3, 0.4) is 0 Å². The molecule has 72 valence electrons. The van der Waals surface area contributed by atoms with Crippen LogP contribution in [0.4, 0.5) is 0 Å². The van der Waals surface area contributed by atoms with Crippen LogP contribution in [0.1, 0.15) is 10.4 Å². The van der Waals surface area contributed by atoms with Crippen LogP contribution in [0.25, 0.3) is 10.9 Å². The van der Waals surface area contributed by atoms with Crippen LogP contribution in [-0.4, -0.2) is 28.3 Å². The Bertz CT molecular complexity index is 540. The Kier molecular flexibility index (Phi) is 1.81. The highest BCUT2D eigenvalue weighted by Gasteiger charge is 2.13. The molecule has 0 bridgehead atoms. The topological polar surface area (TPSA) is 87.8 Å². The third-order valence-electron chi connectivity index (χ3n) is 1.90. The summed E-state index contributed by atoms with van der Waals surface area (Å²) >= 11 is 0. The Morgan fingerprint density at radius 1 is 1.43 bits per heavy atom. The first kappa shape index (κ1) is 8.49. The fraction of sp³-hybridized carbons (Fsp3) is 0.125. The molecule has 0 atom stereocenters. The van der Waals surface area contributed by atoms with Crippen molar-refractivity contribution in [3.8, 4) is 0 Å². The van der Waals surface area contributed by atoms with Crippen molar-refractivity contribution < 1.29 is 9.53 Å². The van der Waals surface area contributed by atoms with E-state index in [-0.39, 0.29) is 11.1 Å². The van der Waals surface area contributed by atoms with E-state index in [2.05, 4.69) is 19.9 Å². The summed E-state index contributed by atoms with van der Waals surface area (Å²) in [5, 5.41) is 5.30. The van der Waals surface area contributed by atoms with E-state index in [0.717, 1.165) is 0 Å². The first-order valence-corrected chi connectivity index (χ1v) is 3.86. The van der Waals surface area contributed by atoms with Gasteiger partial charge in [0.1, 0.15) is 5.56 Å². The van der Waals surface area contributed by atoms with Crippen LogP contribution in [0, 0.1) is 0 Å². The number of fused-ring (bicyclic) bond motifs is 1. The Labute approximate surface area is 77.9 Å². The predicted octanol–water partition coefficient (Wildman–Crippen LogP) is 0.0378. The second kappa shape index (κ2) is 2.99. The molecule has 2 heterocycles. The van der Waals surface area contributed by atoms with Gasteiger partial charge in [0.2, 0.25) is 0 Å². The zero-order valence-corrected chi connectivity index (χ0v) is 7.33. The molecule has 0 aliphatic heterocycles. The number of nitrogens with one attached hydrogen (secondary N) is 2. The second-order valence-corrected chi connectivity index (χ2v) is 2.68. The first-order valence-electron chi connectivity index (χ1n) is 3.86. The van der Waals surface area contributed by atoms with Crippen molar-refractivity contribution in [3.05, 3.63) is 28.3 Å². The molecule has 2 N–H and O–H groups in total. The Morgan fingerprint density at radius 2 is 2.21 bits per heavy atom. The van der Waals surface area contributed by atoms with Crippen LogP contribution >= 0.6 is 0 Å². The number of H-pyrrole nitrogens is 2. The molecule has 2 aromatic rings. The lowest BCUT2D eigenvalue weighted by Crippen LogP contribution is -2.03. The molecule has 0 aromatic carbocycles. The molecular weight excluding hydrogens is 186 g/mol. The molecule has 0 unspecified atom stereocenters. The zero-order chi connectivity index (χ0) is 10.1. The average molecular weight is 193 g/mol. The Balaban J connectivity index is 2.78. The molecule has 0 aliphatic carbocycles. The van der Waals surface area contributed by atoms with Gasteiger partial charge in [-0.2, -0.15) is 0 Å². The summed E-state index contributed by atoms with van der Waals surface area (Å²) < 4.78 is 4.54. The van der Waals surface area contributed by atoms with Gasteiger partial charge in [0.25, 0.3) is 5.56 Å². The SMILES string of the molecule is COC(=O)c1cncc2c(=O)[nH][nH]c12. The van der Waals surface area contributed by atoms with Crippen molar-refractivity contribution in [1.82, 2.24) is 15.2 Å². The van der Waals surface area contributed by atoms with Crippen molar-refractivity contribution >= 4 is 16.9 Å². The number of methoxy groups -OCH3 is 1. The van der Waals surface area contributed by atoms with Crippen LogP contribution in [0.5, 0.6) is 0 Å². The number of carbonyl (C=O) groups is 1. The van der Waals surface area contributed by atoms with Crippen molar-refractivity contribution in [1.29, 1.82) is 0 Å². The van der Waals surface area contributed by atoms with E-state index >= 15 is 0 Å². The molecule has 0 amide bonds. The van der Waals surface area contributed by atoms with Gasteiger partial charge in [0.05, 0.1) is 18.0 Å². The molecule has 2 aromatic heterocycles. The monoisotopic (exact) mass is 193 g/mol. The van der Waals surface area contributed by atoms with Crippen LogP contribution in [0.15, 0.2) is 17.2 Å². The second-order valence-electron chi connectivity index (χ2n) is 2.68. The number of aromatic amines is 2. The van der Waals surface area contributed by atoms with E-state index in [0.29, 0.717) is 10.9 Å². The summed E-state index contributed by atoms with van der Waals surface area (Å²) in [5.74, 6) is -0.529. The molecule has 0 spiro atoms. The minimum absolute atomic E-state index is 0.239. The Hall–Kier alpha value is -2.11.